The predicted molar refractivity (Wildman–Crippen MR) is 67.1 cm³/mol. The second kappa shape index (κ2) is 5.32. The molecule has 0 saturated carbocycles. The Kier molecular flexibility index (Phi) is 4.03. The second-order valence-electron chi connectivity index (χ2n) is 3.98. The van der Waals surface area contributed by atoms with Gasteiger partial charge in [-0.25, -0.2) is 4.98 Å². The highest BCUT2D eigenvalue weighted by molar-refractivity contribution is 6.32. The molecular formula is C11H15Cl2N3. The summed E-state index contributed by atoms with van der Waals surface area (Å²) in [7, 11) is 0. The van der Waals surface area contributed by atoms with E-state index in [1.54, 1.807) is 6.07 Å². The smallest absolute Gasteiger partial charge is 0.135 e. The number of rotatable bonds is 2. The maximum absolute atomic E-state index is 6.11. The van der Waals surface area contributed by atoms with Gasteiger partial charge in [-0.15, -0.1) is 0 Å². The Labute approximate surface area is 106 Å². The topological polar surface area (TPSA) is 28.2 Å². The molecule has 0 unspecified atom stereocenters. The zero-order valence-corrected chi connectivity index (χ0v) is 10.7. The molecule has 16 heavy (non-hydrogen) atoms. The van der Waals surface area contributed by atoms with Crippen LogP contribution in [-0.4, -0.2) is 36.1 Å². The fraction of sp³-hybridized carbons (Fsp3) is 0.545. The van der Waals surface area contributed by atoms with Crippen molar-refractivity contribution in [2.24, 2.45) is 0 Å². The maximum atomic E-state index is 6.11. The van der Waals surface area contributed by atoms with E-state index in [0.29, 0.717) is 16.3 Å². The van der Waals surface area contributed by atoms with Crippen LogP contribution in [-0.2, 0) is 0 Å². The highest BCUT2D eigenvalue weighted by Crippen LogP contribution is 2.27. The summed E-state index contributed by atoms with van der Waals surface area (Å²) in [5, 5.41) is 4.29. The second-order valence-corrected chi connectivity index (χ2v) is 4.72. The van der Waals surface area contributed by atoms with Crippen LogP contribution in [0.5, 0.6) is 0 Å². The van der Waals surface area contributed by atoms with Gasteiger partial charge in [-0.1, -0.05) is 29.3 Å². The average molecular weight is 260 g/mol. The van der Waals surface area contributed by atoms with Crippen molar-refractivity contribution in [3.63, 3.8) is 0 Å². The Hall–Kier alpha value is -0.350. The number of pyridine rings is 1. The molecule has 0 aliphatic carbocycles. The van der Waals surface area contributed by atoms with Gasteiger partial charge in [0.25, 0.3) is 0 Å². The van der Waals surface area contributed by atoms with E-state index in [1.165, 1.54) is 0 Å². The molecule has 1 aliphatic heterocycles. The molecule has 0 aromatic carbocycles. The summed E-state index contributed by atoms with van der Waals surface area (Å²) in [6, 6.07) is 4.05. The number of aromatic nitrogens is 1. The lowest BCUT2D eigenvalue weighted by atomic mass is 10.1. The summed E-state index contributed by atoms with van der Waals surface area (Å²) in [5.74, 6) is 0. The van der Waals surface area contributed by atoms with E-state index in [2.05, 4.69) is 22.1 Å². The van der Waals surface area contributed by atoms with E-state index in [-0.39, 0.29) is 0 Å². The Morgan fingerprint density at radius 3 is 2.62 bits per heavy atom. The van der Waals surface area contributed by atoms with E-state index < -0.39 is 0 Å². The minimum Gasteiger partial charge on any atom is -0.314 e. The zero-order chi connectivity index (χ0) is 11.5. The van der Waals surface area contributed by atoms with E-state index in [9.17, 15) is 0 Å². The summed E-state index contributed by atoms with van der Waals surface area (Å²) in [4.78, 5) is 6.47. The van der Waals surface area contributed by atoms with Crippen LogP contribution in [0.2, 0.25) is 10.3 Å². The maximum Gasteiger partial charge on any atom is 0.135 e. The van der Waals surface area contributed by atoms with Crippen LogP contribution < -0.4 is 5.32 Å². The minimum absolute atomic E-state index is 0.291. The number of piperazine rings is 1. The number of hydrogen-bond acceptors (Lipinski definition) is 3. The molecular weight excluding hydrogens is 245 g/mol. The van der Waals surface area contributed by atoms with Crippen molar-refractivity contribution in [3.05, 3.63) is 28.0 Å². The lowest BCUT2D eigenvalue weighted by Crippen LogP contribution is -2.44. The van der Waals surface area contributed by atoms with Crippen molar-refractivity contribution in [2.75, 3.05) is 26.2 Å². The summed E-state index contributed by atoms with van der Waals surface area (Å²) >= 11 is 11.9. The minimum atomic E-state index is 0.291. The first-order valence-electron chi connectivity index (χ1n) is 5.45. The van der Waals surface area contributed by atoms with Gasteiger partial charge in [-0.05, 0) is 13.0 Å². The molecule has 5 heteroatoms. The fourth-order valence-electron chi connectivity index (χ4n) is 2.00. The highest BCUT2D eigenvalue weighted by Gasteiger charge is 2.20. The molecule has 2 heterocycles. The van der Waals surface area contributed by atoms with Crippen LogP contribution in [0.4, 0.5) is 0 Å². The number of hydrogen-bond donors (Lipinski definition) is 1. The first-order chi connectivity index (χ1) is 7.68. The molecule has 1 aromatic heterocycles. The van der Waals surface area contributed by atoms with Gasteiger partial charge in [0.05, 0.1) is 0 Å². The summed E-state index contributed by atoms with van der Waals surface area (Å²) in [6.07, 6.45) is 0. The standard InChI is InChI=1S/C11H15Cl2N3/c1-8(16-6-4-14-5-7-16)9-2-3-10(12)15-11(9)13/h2-3,8,14H,4-7H2,1H3/t8-/m0/s1. The SMILES string of the molecule is C[C@@H](c1ccc(Cl)nc1Cl)N1CCNCC1. The lowest BCUT2D eigenvalue weighted by Gasteiger charge is -2.33. The van der Waals surface area contributed by atoms with E-state index in [4.69, 9.17) is 23.2 Å². The molecule has 1 aromatic rings. The van der Waals surface area contributed by atoms with Gasteiger partial charge in [-0.3, -0.25) is 4.90 Å². The van der Waals surface area contributed by atoms with Crippen LogP contribution in [0.3, 0.4) is 0 Å². The van der Waals surface area contributed by atoms with Gasteiger partial charge in [0.15, 0.2) is 0 Å². The van der Waals surface area contributed by atoms with Crippen molar-refractivity contribution in [2.45, 2.75) is 13.0 Å². The van der Waals surface area contributed by atoms with Crippen molar-refractivity contribution in [3.8, 4) is 0 Å². The molecule has 1 N–H and O–H groups in total. The van der Waals surface area contributed by atoms with Gasteiger partial charge in [0.1, 0.15) is 10.3 Å². The number of nitrogens with zero attached hydrogens (tertiary/aromatic N) is 2. The largest absolute Gasteiger partial charge is 0.314 e. The van der Waals surface area contributed by atoms with Crippen LogP contribution in [0.1, 0.15) is 18.5 Å². The Balaban J connectivity index is 2.15. The van der Waals surface area contributed by atoms with Crippen LogP contribution in [0.25, 0.3) is 0 Å². The van der Waals surface area contributed by atoms with Crippen LogP contribution in [0.15, 0.2) is 12.1 Å². The number of nitrogens with one attached hydrogen (secondary N) is 1. The van der Waals surface area contributed by atoms with Gasteiger partial charge < -0.3 is 5.32 Å². The molecule has 1 atom stereocenters. The first-order valence-corrected chi connectivity index (χ1v) is 6.21. The Morgan fingerprint density at radius 2 is 2.00 bits per heavy atom. The van der Waals surface area contributed by atoms with Gasteiger partial charge >= 0.3 is 0 Å². The number of halogens is 2. The molecule has 0 bridgehead atoms. The van der Waals surface area contributed by atoms with Crippen molar-refractivity contribution in [1.82, 2.24) is 15.2 Å². The molecule has 0 radical (unpaired) electrons. The van der Waals surface area contributed by atoms with E-state index in [1.807, 2.05) is 6.07 Å². The lowest BCUT2D eigenvalue weighted by molar-refractivity contribution is 0.185. The van der Waals surface area contributed by atoms with Crippen LogP contribution >= 0.6 is 23.2 Å². The van der Waals surface area contributed by atoms with Gasteiger partial charge in [0.2, 0.25) is 0 Å². The first kappa shape index (κ1) is 12.1. The molecule has 3 nitrogen and oxygen atoms in total. The molecule has 2 rings (SSSR count). The molecule has 1 saturated heterocycles. The molecule has 0 spiro atoms. The van der Waals surface area contributed by atoms with Crippen molar-refractivity contribution >= 4 is 23.2 Å². The summed E-state index contributed by atoms with van der Waals surface area (Å²) in [6.45, 7) is 6.30. The van der Waals surface area contributed by atoms with E-state index in [0.717, 1.165) is 31.7 Å². The van der Waals surface area contributed by atoms with Gasteiger partial charge in [0, 0.05) is 37.8 Å². The predicted octanol–water partition coefficient (Wildman–Crippen LogP) is 2.35. The molecule has 88 valence electrons. The van der Waals surface area contributed by atoms with Crippen molar-refractivity contribution < 1.29 is 0 Å². The van der Waals surface area contributed by atoms with E-state index >= 15 is 0 Å². The molecule has 1 fully saturated rings. The Morgan fingerprint density at radius 1 is 1.31 bits per heavy atom. The third kappa shape index (κ3) is 2.66. The monoisotopic (exact) mass is 259 g/mol. The normalized spacial score (nSPS) is 19.7. The third-order valence-electron chi connectivity index (χ3n) is 2.99. The third-order valence-corrected chi connectivity index (χ3v) is 3.51. The average Bonchev–Trinajstić information content (AvgIpc) is 2.29. The summed E-state index contributed by atoms with van der Waals surface area (Å²) < 4.78 is 0. The molecule has 1 aliphatic rings. The molecule has 0 amide bonds. The van der Waals surface area contributed by atoms with Crippen molar-refractivity contribution in [1.29, 1.82) is 0 Å². The summed E-state index contributed by atoms with van der Waals surface area (Å²) in [5.41, 5.74) is 1.05. The van der Waals surface area contributed by atoms with Gasteiger partial charge in [-0.2, -0.15) is 0 Å². The highest BCUT2D eigenvalue weighted by atomic mass is 35.5. The fourth-order valence-corrected chi connectivity index (χ4v) is 2.50. The quantitative estimate of drug-likeness (QED) is 0.827. The van der Waals surface area contributed by atoms with Crippen LogP contribution in [0, 0.1) is 0 Å². The Bertz CT molecular complexity index is 364. The zero-order valence-electron chi connectivity index (χ0n) is 9.21.